The van der Waals surface area contributed by atoms with E-state index in [0.29, 0.717) is 12.2 Å². The van der Waals surface area contributed by atoms with Crippen molar-refractivity contribution in [3.8, 4) is 0 Å². The van der Waals surface area contributed by atoms with Gasteiger partial charge in [0.25, 0.3) is 0 Å². The molecule has 1 aromatic heterocycles. The Hall–Kier alpha value is -1.97. The van der Waals surface area contributed by atoms with E-state index in [0.717, 1.165) is 16.9 Å². The predicted octanol–water partition coefficient (Wildman–Crippen LogP) is 2.12. The van der Waals surface area contributed by atoms with E-state index < -0.39 is 0 Å². The molecule has 1 aromatic carbocycles. The van der Waals surface area contributed by atoms with Gasteiger partial charge in [-0.05, 0) is 18.2 Å². The normalized spacial score (nSPS) is 10.9. The SMILES string of the molecule is CC(C)c1nc2cc(N=C=O)ccc2n1CCO. The van der Waals surface area contributed by atoms with Gasteiger partial charge in [-0.25, -0.2) is 9.78 Å². The van der Waals surface area contributed by atoms with Crippen molar-refractivity contribution < 1.29 is 9.90 Å². The van der Waals surface area contributed by atoms with Gasteiger partial charge in [0.05, 0.1) is 23.3 Å². The highest BCUT2D eigenvalue weighted by Crippen LogP contribution is 2.25. The maximum atomic E-state index is 10.2. The van der Waals surface area contributed by atoms with Gasteiger partial charge in [-0.1, -0.05) is 13.8 Å². The second-order valence-electron chi connectivity index (χ2n) is 4.38. The van der Waals surface area contributed by atoms with Crippen LogP contribution in [-0.2, 0) is 11.3 Å². The number of aliphatic hydroxyl groups excluding tert-OH is 1. The van der Waals surface area contributed by atoms with Crippen LogP contribution in [0.5, 0.6) is 0 Å². The van der Waals surface area contributed by atoms with Gasteiger partial charge in [-0.15, -0.1) is 0 Å². The Balaban J connectivity index is 2.63. The van der Waals surface area contributed by atoms with E-state index >= 15 is 0 Å². The minimum atomic E-state index is 0.0689. The van der Waals surface area contributed by atoms with Crippen LogP contribution < -0.4 is 0 Å². The number of isocyanates is 1. The van der Waals surface area contributed by atoms with E-state index in [1.54, 1.807) is 12.1 Å². The van der Waals surface area contributed by atoms with Gasteiger partial charge in [0, 0.05) is 12.5 Å². The van der Waals surface area contributed by atoms with E-state index in [2.05, 4.69) is 23.8 Å². The number of benzene rings is 1. The number of aromatic nitrogens is 2. The van der Waals surface area contributed by atoms with Crippen molar-refractivity contribution in [2.24, 2.45) is 4.99 Å². The lowest BCUT2D eigenvalue weighted by atomic mass is 10.2. The zero-order valence-electron chi connectivity index (χ0n) is 10.4. The van der Waals surface area contributed by atoms with Gasteiger partial charge < -0.3 is 9.67 Å². The fraction of sp³-hybridized carbons (Fsp3) is 0.385. The monoisotopic (exact) mass is 245 g/mol. The first-order valence-corrected chi connectivity index (χ1v) is 5.86. The lowest BCUT2D eigenvalue weighted by Crippen LogP contribution is -2.08. The molecule has 0 radical (unpaired) electrons. The molecule has 0 atom stereocenters. The van der Waals surface area contributed by atoms with Gasteiger partial charge in [0.1, 0.15) is 5.82 Å². The molecule has 0 saturated carbocycles. The number of aliphatic hydroxyl groups is 1. The van der Waals surface area contributed by atoms with Gasteiger partial charge in [-0.2, -0.15) is 4.99 Å². The maximum Gasteiger partial charge on any atom is 0.240 e. The molecule has 2 aromatic rings. The summed E-state index contributed by atoms with van der Waals surface area (Å²) in [7, 11) is 0. The molecule has 0 amide bonds. The van der Waals surface area contributed by atoms with Crippen molar-refractivity contribution in [1.82, 2.24) is 9.55 Å². The number of imidazole rings is 1. The first-order valence-electron chi connectivity index (χ1n) is 5.86. The Morgan fingerprint density at radius 2 is 2.28 bits per heavy atom. The van der Waals surface area contributed by atoms with Crippen molar-refractivity contribution in [3.63, 3.8) is 0 Å². The van der Waals surface area contributed by atoms with Crippen LogP contribution in [-0.4, -0.2) is 27.3 Å². The van der Waals surface area contributed by atoms with Gasteiger partial charge in [0.15, 0.2) is 0 Å². The molecule has 0 unspecified atom stereocenters. The summed E-state index contributed by atoms with van der Waals surface area (Å²) in [5.41, 5.74) is 2.27. The van der Waals surface area contributed by atoms with Gasteiger partial charge in [0.2, 0.25) is 6.08 Å². The number of nitrogens with zero attached hydrogens (tertiary/aromatic N) is 3. The smallest absolute Gasteiger partial charge is 0.240 e. The Kier molecular flexibility index (Phi) is 3.55. The molecule has 2 rings (SSSR count). The number of hydrogen-bond acceptors (Lipinski definition) is 4. The van der Waals surface area contributed by atoms with Crippen LogP contribution in [0.4, 0.5) is 5.69 Å². The third-order valence-corrected chi connectivity index (χ3v) is 2.78. The van der Waals surface area contributed by atoms with E-state index in [9.17, 15) is 4.79 Å². The lowest BCUT2D eigenvalue weighted by molar-refractivity contribution is 0.275. The number of hydrogen-bond donors (Lipinski definition) is 1. The fourth-order valence-electron chi connectivity index (χ4n) is 2.03. The van der Waals surface area contributed by atoms with Crippen LogP contribution in [0.2, 0.25) is 0 Å². The summed E-state index contributed by atoms with van der Waals surface area (Å²) in [4.78, 5) is 18.4. The summed E-state index contributed by atoms with van der Waals surface area (Å²) in [6.45, 7) is 4.69. The molecule has 0 spiro atoms. The average molecular weight is 245 g/mol. The van der Waals surface area contributed by atoms with Crippen LogP contribution in [0, 0.1) is 0 Å². The van der Waals surface area contributed by atoms with Crippen molar-refractivity contribution >= 4 is 22.8 Å². The third kappa shape index (κ3) is 2.18. The molecule has 0 aliphatic rings. The standard InChI is InChI=1S/C13H15N3O2/c1-9(2)13-15-11-7-10(14-8-18)3-4-12(11)16(13)5-6-17/h3-4,7,9,17H,5-6H2,1-2H3. The van der Waals surface area contributed by atoms with E-state index in [1.807, 2.05) is 10.6 Å². The van der Waals surface area contributed by atoms with Crippen LogP contribution in [0.15, 0.2) is 23.2 Å². The van der Waals surface area contributed by atoms with Crippen LogP contribution in [0.3, 0.4) is 0 Å². The summed E-state index contributed by atoms with van der Waals surface area (Å²) < 4.78 is 1.99. The van der Waals surface area contributed by atoms with E-state index in [1.165, 1.54) is 6.08 Å². The third-order valence-electron chi connectivity index (χ3n) is 2.78. The Morgan fingerprint density at radius 3 is 2.89 bits per heavy atom. The molecule has 0 aliphatic carbocycles. The highest BCUT2D eigenvalue weighted by molar-refractivity contribution is 5.80. The van der Waals surface area contributed by atoms with Crippen molar-refractivity contribution in [2.45, 2.75) is 26.3 Å². The molecule has 1 N–H and O–H groups in total. The van der Waals surface area contributed by atoms with Crippen molar-refractivity contribution in [3.05, 3.63) is 24.0 Å². The molecule has 94 valence electrons. The van der Waals surface area contributed by atoms with Gasteiger partial charge >= 0.3 is 0 Å². The largest absolute Gasteiger partial charge is 0.395 e. The molecule has 18 heavy (non-hydrogen) atoms. The van der Waals surface area contributed by atoms with Crippen LogP contribution in [0.25, 0.3) is 11.0 Å². The quantitative estimate of drug-likeness (QED) is 0.662. The Bertz CT molecular complexity index is 610. The fourth-order valence-corrected chi connectivity index (χ4v) is 2.03. The first kappa shape index (κ1) is 12.5. The second kappa shape index (κ2) is 5.12. The molecular weight excluding hydrogens is 230 g/mol. The predicted molar refractivity (Wildman–Crippen MR) is 68.7 cm³/mol. The van der Waals surface area contributed by atoms with E-state index in [-0.39, 0.29) is 12.5 Å². The van der Waals surface area contributed by atoms with Crippen molar-refractivity contribution in [2.75, 3.05) is 6.61 Å². The number of rotatable bonds is 4. The topological polar surface area (TPSA) is 67.5 Å². The van der Waals surface area contributed by atoms with E-state index in [4.69, 9.17) is 5.11 Å². The number of aliphatic imine (C=N–C) groups is 1. The summed E-state index contributed by atoms with van der Waals surface area (Å²) in [6.07, 6.45) is 1.52. The first-order chi connectivity index (χ1) is 8.67. The summed E-state index contributed by atoms with van der Waals surface area (Å²) in [6, 6.07) is 5.35. The molecular formula is C13H15N3O2. The molecule has 5 nitrogen and oxygen atoms in total. The van der Waals surface area contributed by atoms with Gasteiger partial charge in [-0.3, -0.25) is 0 Å². The molecule has 0 fully saturated rings. The molecule has 0 bridgehead atoms. The minimum Gasteiger partial charge on any atom is -0.395 e. The number of fused-ring (bicyclic) bond motifs is 1. The molecule has 5 heteroatoms. The average Bonchev–Trinajstić information content (AvgIpc) is 2.69. The number of carbonyl (C=O) groups excluding carboxylic acids is 1. The summed E-state index contributed by atoms with van der Waals surface area (Å²) >= 11 is 0. The molecule has 0 aliphatic heterocycles. The summed E-state index contributed by atoms with van der Waals surface area (Å²) in [5.74, 6) is 1.19. The minimum absolute atomic E-state index is 0.0689. The van der Waals surface area contributed by atoms with Crippen LogP contribution in [0.1, 0.15) is 25.6 Å². The maximum absolute atomic E-state index is 10.2. The summed E-state index contributed by atoms with van der Waals surface area (Å²) in [5, 5.41) is 9.12. The highest BCUT2D eigenvalue weighted by Gasteiger charge is 2.13. The Morgan fingerprint density at radius 1 is 1.50 bits per heavy atom. The lowest BCUT2D eigenvalue weighted by Gasteiger charge is -2.09. The zero-order chi connectivity index (χ0) is 13.1. The van der Waals surface area contributed by atoms with Crippen LogP contribution >= 0.6 is 0 Å². The molecule has 1 heterocycles. The molecule has 0 saturated heterocycles. The zero-order valence-corrected chi connectivity index (χ0v) is 10.4. The van der Waals surface area contributed by atoms with Crippen molar-refractivity contribution in [1.29, 1.82) is 0 Å². The Labute approximate surface area is 105 Å². The second-order valence-corrected chi connectivity index (χ2v) is 4.38. The highest BCUT2D eigenvalue weighted by atomic mass is 16.3.